The molecule has 4 rings (SSSR count). The molecular weight excluding hydrogens is 330 g/mol. The first kappa shape index (κ1) is 15.7. The molecular formula is C20H18N3OS+. The van der Waals surface area contributed by atoms with Gasteiger partial charge < -0.3 is 5.32 Å². The van der Waals surface area contributed by atoms with Crippen LogP contribution >= 0.6 is 11.8 Å². The molecule has 1 heterocycles. The van der Waals surface area contributed by atoms with Crippen LogP contribution < -0.4 is 9.88 Å². The van der Waals surface area contributed by atoms with E-state index in [2.05, 4.69) is 27.0 Å². The van der Waals surface area contributed by atoms with Crippen LogP contribution in [0.25, 0.3) is 21.8 Å². The molecule has 1 amide bonds. The van der Waals surface area contributed by atoms with E-state index >= 15 is 0 Å². The molecule has 124 valence electrons. The highest BCUT2D eigenvalue weighted by molar-refractivity contribution is 7.99. The van der Waals surface area contributed by atoms with Gasteiger partial charge in [0, 0.05) is 5.69 Å². The first-order valence-corrected chi connectivity index (χ1v) is 9.07. The topological polar surface area (TPSA) is 48.8 Å². The maximum Gasteiger partial charge on any atom is 0.317 e. The second kappa shape index (κ2) is 6.61. The van der Waals surface area contributed by atoms with Crippen LogP contribution in [-0.2, 0) is 11.8 Å². The lowest BCUT2D eigenvalue weighted by Gasteiger charge is -2.05. The van der Waals surface area contributed by atoms with Crippen LogP contribution in [0.1, 0.15) is 0 Å². The van der Waals surface area contributed by atoms with Gasteiger partial charge in [-0.25, -0.2) is 9.55 Å². The number of aromatic nitrogens is 2. The van der Waals surface area contributed by atoms with Crippen molar-refractivity contribution in [2.45, 2.75) is 5.16 Å². The molecule has 5 heteroatoms. The summed E-state index contributed by atoms with van der Waals surface area (Å²) in [7, 11) is 2.00. The summed E-state index contributed by atoms with van der Waals surface area (Å²) in [5, 5.41) is 6.23. The van der Waals surface area contributed by atoms with E-state index in [4.69, 9.17) is 0 Å². The summed E-state index contributed by atoms with van der Waals surface area (Å²) in [5.74, 6) is 0.340. The lowest BCUT2D eigenvalue weighted by molar-refractivity contribution is -0.683. The van der Waals surface area contributed by atoms with E-state index in [1.807, 2.05) is 61.6 Å². The molecule has 2 N–H and O–H groups in total. The number of H-pyrrole nitrogens is 1. The number of para-hydroxylation sites is 2. The number of nitrogens with one attached hydrogen (secondary N) is 2. The standard InChI is InChI=1S/C20H17N3OS/c1-23-18-9-5-4-8-17(18)22-20(23)25-13-19(24)21-16-11-10-14-6-2-3-7-15(14)12-16/h2-12H,13H2,1H3,(H,21,24)/p+1. The van der Waals surface area contributed by atoms with Gasteiger partial charge in [0.25, 0.3) is 0 Å². The number of hydrogen-bond acceptors (Lipinski definition) is 2. The molecule has 1 aromatic heterocycles. The number of aryl methyl sites for hydroxylation is 1. The minimum Gasteiger partial charge on any atom is -0.325 e. The minimum absolute atomic E-state index is 0.0149. The summed E-state index contributed by atoms with van der Waals surface area (Å²) in [5.41, 5.74) is 3.02. The lowest BCUT2D eigenvalue weighted by atomic mass is 10.1. The fourth-order valence-corrected chi connectivity index (χ4v) is 3.73. The second-order valence-electron chi connectivity index (χ2n) is 5.91. The molecule has 0 atom stereocenters. The Bertz CT molecular complexity index is 1070. The van der Waals surface area contributed by atoms with Gasteiger partial charge in [-0.1, -0.05) is 42.5 Å². The fraction of sp³-hybridized carbons (Fsp3) is 0.100. The highest BCUT2D eigenvalue weighted by Crippen LogP contribution is 2.20. The molecule has 0 aliphatic carbocycles. The van der Waals surface area contributed by atoms with E-state index in [1.165, 1.54) is 17.1 Å². The van der Waals surface area contributed by atoms with Crippen LogP contribution in [0.4, 0.5) is 5.69 Å². The zero-order chi connectivity index (χ0) is 17.2. The Morgan fingerprint density at radius 2 is 1.80 bits per heavy atom. The third kappa shape index (κ3) is 3.23. The van der Waals surface area contributed by atoms with Crippen molar-refractivity contribution in [1.29, 1.82) is 0 Å². The number of thioether (sulfide) groups is 1. The highest BCUT2D eigenvalue weighted by atomic mass is 32.2. The largest absolute Gasteiger partial charge is 0.325 e. The Morgan fingerprint density at radius 1 is 1.04 bits per heavy atom. The minimum atomic E-state index is -0.0149. The summed E-state index contributed by atoms with van der Waals surface area (Å²) < 4.78 is 2.07. The molecule has 4 aromatic rings. The van der Waals surface area contributed by atoms with E-state index in [1.54, 1.807) is 0 Å². The van der Waals surface area contributed by atoms with E-state index in [0.717, 1.165) is 27.3 Å². The van der Waals surface area contributed by atoms with Gasteiger partial charge in [0.2, 0.25) is 5.91 Å². The van der Waals surface area contributed by atoms with Crippen molar-refractivity contribution >= 4 is 45.2 Å². The van der Waals surface area contributed by atoms with E-state index in [0.29, 0.717) is 5.75 Å². The lowest BCUT2D eigenvalue weighted by Crippen LogP contribution is -2.29. The van der Waals surface area contributed by atoms with Gasteiger partial charge in [-0.3, -0.25) is 4.79 Å². The number of imidazole rings is 1. The highest BCUT2D eigenvalue weighted by Gasteiger charge is 2.16. The average molecular weight is 348 g/mol. The van der Waals surface area contributed by atoms with Crippen molar-refractivity contribution in [3.63, 3.8) is 0 Å². The monoisotopic (exact) mass is 348 g/mol. The number of benzene rings is 3. The number of anilines is 1. The van der Waals surface area contributed by atoms with Crippen molar-refractivity contribution in [3.05, 3.63) is 66.7 Å². The van der Waals surface area contributed by atoms with Crippen LogP contribution in [0, 0.1) is 0 Å². The van der Waals surface area contributed by atoms with Gasteiger partial charge >= 0.3 is 5.16 Å². The number of nitrogens with zero attached hydrogens (tertiary/aromatic N) is 1. The zero-order valence-corrected chi connectivity index (χ0v) is 14.6. The van der Waals surface area contributed by atoms with Gasteiger partial charge in [0.1, 0.15) is 0 Å². The summed E-state index contributed by atoms with van der Waals surface area (Å²) in [6.07, 6.45) is 0. The van der Waals surface area contributed by atoms with Crippen molar-refractivity contribution in [1.82, 2.24) is 4.98 Å². The van der Waals surface area contributed by atoms with Crippen molar-refractivity contribution in [2.75, 3.05) is 11.1 Å². The molecule has 25 heavy (non-hydrogen) atoms. The van der Waals surface area contributed by atoms with Crippen LogP contribution in [0.2, 0.25) is 0 Å². The van der Waals surface area contributed by atoms with Crippen molar-refractivity contribution in [2.24, 2.45) is 7.05 Å². The molecule has 0 radical (unpaired) electrons. The Hall–Kier alpha value is -2.79. The van der Waals surface area contributed by atoms with E-state index in [-0.39, 0.29) is 5.91 Å². The number of hydrogen-bond donors (Lipinski definition) is 2. The molecule has 0 fully saturated rings. The number of fused-ring (bicyclic) bond motifs is 2. The average Bonchev–Trinajstić information content (AvgIpc) is 2.96. The Balaban J connectivity index is 1.45. The number of aromatic amines is 1. The number of carbonyl (C=O) groups excluding carboxylic acids is 1. The maximum atomic E-state index is 12.3. The van der Waals surface area contributed by atoms with Gasteiger partial charge in [-0.15, -0.1) is 0 Å². The third-order valence-electron chi connectivity index (χ3n) is 4.18. The number of carbonyl (C=O) groups is 1. The molecule has 0 saturated heterocycles. The Kier molecular flexibility index (Phi) is 4.15. The van der Waals surface area contributed by atoms with Gasteiger partial charge in [0.15, 0.2) is 11.0 Å². The summed E-state index contributed by atoms with van der Waals surface area (Å²) in [4.78, 5) is 15.6. The summed E-state index contributed by atoms with van der Waals surface area (Å²) in [6, 6.07) is 22.2. The fourth-order valence-electron chi connectivity index (χ4n) is 2.91. The predicted octanol–water partition coefficient (Wildman–Crippen LogP) is 3.88. The number of amides is 1. The van der Waals surface area contributed by atoms with E-state index in [9.17, 15) is 4.79 Å². The SMILES string of the molecule is C[n+]1c(SCC(=O)Nc2ccc3ccccc3c2)[nH]c2ccccc21. The molecule has 0 aliphatic rings. The molecule has 0 spiro atoms. The first-order chi connectivity index (χ1) is 12.2. The van der Waals surface area contributed by atoms with Gasteiger partial charge in [-0.2, -0.15) is 0 Å². The molecule has 0 saturated carbocycles. The Labute approximate surface area is 149 Å². The van der Waals surface area contributed by atoms with Crippen LogP contribution in [-0.4, -0.2) is 16.6 Å². The number of rotatable bonds is 4. The van der Waals surface area contributed by atoms with Gasteiger partial charge in [-0.05, 0) is 46.8 Å². The smallest absolute Gasteiger partial charge is 0.317 e. The first-order valence-electron chi connectivity index (χ1n) is 8.09. The third-order valence-corrected chi connectivity index (χ3v) is 5.24. The van der Waals surface area contributed by atoms with Crippen molar-refractivity contribution < 1.29 is 9.36 Å². The molecule has 0 aliphatic heterocycles. The van der Waals surface area contributed by atoms with E-state index < -0.39 is 0 Å². The predicted molar refractivity (Wildman–Crippen MR) is 103 cm³/mol. The Morgan fingerprint density at radius 3 is 2.64 bits per heavy atom. The molecule has 3 aromatic carbocycles. The molecule has 0 bridgehead atoms. The van der Waals surface area contributed by atoms with Crippen molar-refractivity contribution in [3.8, 4) is 0 Å². The maximum absolute atomic E-state index is 12.3. The second-order valence-corrected chi connectivity index (χ2v) is 6.87. The molecule has 0 unspecified atom stereocenters. The normalized spacial score (nSPS) is 11.1. The summed E-state index contributed by atoms with van der Waals surface area (Å²) in [6.45, 7) is 0. The zero-order valence-electron chi connectivity index (χ0n) is 13.8. The van der Waals surface area contributed by atoms with Crippen LogP contribution in [0.15, 0.2) is 71.9 Å². The molecule has 4 nitrogen and oxygen atoms in total. The summed E-state index contributed by atoms with van der Waals surface area (Å²) >= 11 is 1.50. The van der Waals surface area contributed by atoms with Crippen LogP contribution in [0.5, 0.6) is 0 Å². The quantitative estimate of drug-likeness (QED) is 0.434. The van der Waals surface area contributed by atoms with Gasteiger partial charge in [0.05, 0.1) is 12.8 Å². The van der Waals surface area contributed by atoms with Crippen LogP contribution in [0.3, 0.4) is 0 Å².